The van der Waals surface area contributed by atoms with E-state index in [0.29, 0.717) is 36.7 Å². The Bertz CT molecular complexity index is 2430. The molecule has 2 aromatic heterocycles. The highest BCUT2D eigenvalue weighted by Gasteiger charge is 2.54. The highest BCUT2D eigenvalue weighted by Crippen LogP contribution is 2.54. The highest BCUT2D eigenvalue weighted by molar-refractivity contribution is 6.45. The molecule has 6 aliphatic rings. The number of halogens is 5. The molecule has 318 valence electrons. The van der Waals surface area contributed by atoms with Crippen LogP contribution in [0.3, 0.4) is 0 Å². The summed E-state index contributed by atoms with van der Waals surface area (Å²) in [6, 6.07) is 6.54. The van der Waals surface area contributed by atoms with E-state index >= 15 is 0 Å². The fourth-order valence-corrected chi connectivity index (χ4v) is 10.1. The van der Waals surface area contributed by atoms with Gasteiger partial charge < -0.3 is 31.3 Å². The number of ether oxygens (including phenoxy) is 1. The molecule has 0 radical (unpaired) electrons. The van der Waals surface area contributed by atoms with Crippen molar-refractivity contribution >= 4 is 57.8 Å². The minimum Gasteiger partial charge on any atom is -0.480 e. The summed E-state index contributed by atoms with van der Waals surface area (Å²) < 4.78 is 48.6. The molecule has 2 aromatic carbocycles. The Kier molecular flexibility index (Phi) is 12.1. The fourth-order valence-electron chi connectivity index (χ4n) is 9.68. The second-order valence-corrected chi connectivity index (χ2v) is 17.4. The zero-order chi connectivity index (χ0) is 43.4. The first-order valence-corrected chi connectivity index (χ1v) is 20.4. The van der Waals surface area contributed by atoms with Crippen LogP contribution in [0.15, 0.2) is 59.5 Å². The standard InChI is InChI=1S/C20H15F3N4O3.C13H12Cl2O4.C10H17N/c21-8-1-2-15(13(22)3-8)27-7-12(20(29)30)17(28)9-4-14(23)19(25-18(9)27)26-5-10-11(6-26)16(10)24;1-3-7(2)13(18)8-4-5-9(12(15)11(8)14)19-6-10(16)17;11-10-4-7-1-8(5-10)3-9(2-7)6-10/h1-4,7,10-11,16H,5-6,24H2,(H,29,30);4-5H,2-3,6H2,1H3,(H,16,17);7-9H,1-6,11H2/t10-,11+,16+;;. The zero-order valence-electron chi connectivity index (χ0n) is 32.6. The molecule has 6 N–H and O–H groups in total. The van der Waals surface area contributed by atoms with Gasteiger partial charge in [-0.3, -0.25) is 14.2 Å². The van der Waals surface area contributed by atoms with Crippen LogP contribution in [-0.2, 0) is 4.79 Å². The summed E-state index contributed by atoms with van der Waals surface area (Å²) in [5.41, 5.74) is 11.2. The number of piperidine rings is 1. The number of nitrogens with two attached hydrogens (primary N) is 2. The minimum atomic E-state index is -1.56. The number of Topliss-reactive ketones (excluding diaryl/α,β-unsaturated/α-hetero) is 1. The smallest absolute Gasteiger partial charge is 0.341 e. The number of nitrogens with zero attached hydrogens (tertiary/aromatic N) is 3. The predicted octanol–water partition coefficient (Wildman–Crippen LogP) is 7.41. The molecule has 0 amide bonds. The monoisotopic (exact) mass is 869 g/mol. The molecule has 6 fully saturated rings. The molecule has 1 aliphatic heterocycles. The first-order chi connectivity index (χ1) is 28.4. The molecule has 3 atom stereocenters. The highest BCUT2D eigenvalue weighted by atomic mass is 35.5. The number of hydrogen-bond donors (Lipinski definition) is 4. The molecule has 0 spiro atoms. The average Bonchev–Trinajstić information content (AvgIpc) is 3.54. The number of allylic oxidation sites excluding steroid dienone is 1. The third-order valence-corrected chi connectivity index (χ3v) is 13.2. The van der Waals surface area contributed by atoms with Crippen molar-refractivity contribution in [3.05, 3.63) is 104 Å². The lowest BCUT2D eigenvalue weighted by atomic mass is 9.53. The Labute approximate surface area is 352 Å². The molecule has 5 aliphatic carbocycles. The normalized spacial score (nSPS) is 25.4. The van der Waals surface area contributed by atoms with Crippen LogP contribution in [0.1, 0.15) is 72.6 Å². The summed E-state index contributed by atoms with van der Waals surface area (Å²) in [7, 11) is 0. The number of pyridine rings is 2. The van der Waals surface area contributed by atoms with Gasteiger partial charge in [0, 0.05) is 42.5 Å². The zero-order valence-corrected chi connectivity index (χ0v) is 34.1. The number of anilines is 1. The molecule has 60 heavy (non-hydrogen) atoms. The van der Waals surface area contributed by atoms with E-state index in [1.54, 1.807) is 11.8 Å². The number of carbonyl (C=O) groups excluding carboxylic acids is 1. The number of benzene rings is 2. The maximum Gasteiger partial charge on any atom is 0.341 e. The SMILES string of the molecule is C=C(CC)C(=O)c1ccc(OCC(=O)O)c(Cl)c1Cl.NC12CC3CC(CC(C3)C1)C2.N[C@@H]1[C@H]2CN(c3nc4c(cc3F)c(=O)c(C(=O)O)cn4-c3ccc(F)cc3F)C[C@@H]12. The van der Waals surface area contributed by atoms with Gasteiger partial charge in [0.1, 0.15) is 28.0 Å². The molecular formula is C43H44Cl2F3N5O7. The molecule has 17 heteroatoms. The number of fused-ring (bicyclic) bond motifs is 2. The van der Waals surface area contributed by atoms with E-state index in [2.05, 4.69) is 11.6 Å². The third kappa shape index (κ3) is 8.63. The summed E-state index contributed by atoms with van der Waals surface area (Å²) in [6.45, 7) is 5.92. The van der Waals surface area contributed by atoms with Crippen LogP contribution in [0.2, 0.25) is 10.0 Å². The summed E-state index contributed by atoms with van der Waals surface area (Å²) in [4.78, 5) is 52.4. The largest absolute Gasteiger partial charge is 0.480 e. The summed E-state index contributed by atoms with van der Waals surface area (Å²) >= 11 is 11.9. The van der Waals surface area contributed by atoms with Gasteiger partial charge in [0.15, 0.2) is 29.7 Å². The number of aliphatic carboxylic acids is 1. The number of aromatic nitrogens is 2. The van der Waals surface area contributed by atoms with Crippen molar-refractivity contribution < 1.29 is 42.5 Å². The van der Waals surface area contributed by atoms with E-state index in [0.717, 1.165) is 46.7 Å². The van der Waals surface area contributed by atoms with E-state index in [1.807, 2.05) is 0 Å². The Balaban J connectivity index is 0.000000154. The summed E-state index contributed by atoms with van der Waals surface area (Å²) in [6.07, 6.45) is 9.99. The van der Waals surface area contributed by atoms with Crippen LogP contribution >= 0.6 is 23.2 Å². The van der Waals surface area contributed by atoms with Gasteiger partial charge in [0.25, 0.3) is 0 Å². The Morgan fingerprint density at radius 1 is 0.933 bits per heavy atom. The van der Waals surface area contributed by atoms with Gasteiger partial charge in [-0.05, 0) is 110 Å². The molecule has 10 rings (SSSR count). The molecule has 0 unspecified atom stereocenters. The number of carbonyl (C=O) groups is 3. The Hall–Kier alpha value is -4.96. The van der Waals surface area contributed by atoms with Crippen LogP contribution in [0, 0.1) is 47.0 Å². The third-order valence-electron chi connectivity index (χ3n) is 12.3. The number of hydrogen-bond acceptors (Lipinski definition) is 9. The number of carboxylic acids is 2. The van der Waals surface area contributed by atoms with Crippen LogP contribution in [-0.4, -0.2) is 68.8 Å². The van der Waals surface area contributed by atoms with Gasteiger partial charge in [-0.25, -0.2) is 27.7 Å². The van der Waals surface area contributed by atoms with Gasteiger partial charge in [-0.2, -0.15) is 0 Å². The van der Waals surface area contributed by atoms with E-state index in [4.69, 9.17) is 44.5 Å². The quantitative estimate of drug-likeness (QED) is 0.0968. The van der Waals surface area contributed by atoms with E-state index in [9.17, 15) is 37.5 Å². The Morgan fingerprint density at radius 2 is 1.55 bits per heavy atom. The van der Waals surface area contributed by atoms with Gasteiger partial charge in [0.05, 0.1) is 16.1 Å². The molecule has 5 saturated carbocycles. The van der Waals surface area contributed by atoms with Gasteiger partial charge in [0.2, 0.25) is 5.43 Å². The van der Waals surface area contributed by atoms with Crippen molar-refractivity contribution in [3.8, 4) is 11.4 Å². The van der Waals surface area contributed by atoms with Crippen molar-refractivity contribution in [2.24, 2.45) is 41.1 Å². The molecule has 1 saturated heterocycles. The second-order valence-electron chi connectivity index (χ2n) is 16.6. The Morgan fingerprint density at radius 3 is 2.08 bits per heavy atom. The predicted molar refractivity (Wildman–Crippen MR) is 220 cm³/mol. The molecule has 3 heterocycles. The molecule has 12 nitrogen and oxygen atoms in total. The number of rotatable bonds is 9. The van der Waals surface area contributed by atoms with E-state index < -0.39 is 47.0 Å². The number of ketones is 1. The lowest BCUT2D eigenvalue weighted by molar-refractivity contribution is -0.139. The minimum absolute atomic E-state index is 0.0117. The van der Waals surface area contributed by atoms with Crippen LogP contribution in [0.25, 0.3) is 16.7 Å². The fraction of sp³-hybridized carbons (Fsp3) is 0.419. The lowest BCUT2D eigenvalue weighted by Crippen LogP contribution is -2.55. The van der Waals surface area contributed by atoms with Crippen molar-refractivity contribution in [3.63, 3.8) is 0 Å². The second kappa shape index (κ2) is 16.8. The van der Waals surface area contributed by atoms with Crippen molar-refractivity contribution in [1.29, 1.82) is 0 Å². The molecular weight excluding hydrogens is 826 g/mol. The first kappa shape index (κ1) is 43.1. The van der Waals surface area contributed by atoms with Crippen molar-refractivity contribution in [2.45, 2.75) is 63.5 Å². The van der Waals surface area contributed by atoms with E-state index in [-0.39, 0.29) is 67.6 Å². The van der Waals surface area contributed by atoms with Crippen LogP contribution < -0.4 is 26.5 Å². The topological polar surface area (TPSA) is 191 Å². The van der Waals surface area contributed by atoms with Crippen molar-refractivity contribution in [1.82, 2.24) is 9.55 Å². The number of aromatic carboxylic acids is 1. The van der Waals surface area contributed by atoms with Gasteiger partial charge >= 0.3 is 11.9 Å². The maximum absolute atomic E-state index is 14.8. The summed E-state index contributed by atoms with van der Waals surface area (Å²) in [5.74, 6) is -1.95. The molecule has 4 bridgehead atoms. The maximum atomic E-state index is 14.8. The van der Waals surface area contributed by atoms with Crippen LogP contribution in [0.4, 0.5) is 19.0 Å². The van der Waals surface area contributed by atoms with Crippen LogP contribution in [0.5, 0.6) is 5.75 Å². The molecule has 4 aromatic rings. The van der Waals surface area contributed by atoms with E-state index in [1.165, 1.54) is 50.7 Å². The van der Waals surface area contributed by atoms with Crippen molar-refractivity contribution in [2.75, 3.05) is 24.6 Å². The first-order valence-electron chi connectivity index (χ1n) is 19.7. The summed E-state index contributed by atoms with van der Waals surface area (Å²) in [5, 5.41) is 17.6. The number of carboxylic acid groups (broad SMARTS) is 2. The van der Waals surface area contributed by atoms with Gasteiger partial charge in [-0.15, -0.1) is 0 Å². The average molecular weight is 871 g/mol. The van der Waals surface area contributed by atoms with Gasteiger partial charge in [-0.1, -0.05) is 36.7 Å². The lowest BCUT2D eigenvalue weighted by Gasteiger charge is -2.55.